The maximum atomic E-state index is 8.86. The van der Waals surface area contributed by atoms with E-state index in [-0.39, 0.29) is 6.61 Å². The van der Waals surface area contributed by atoms with E-state index in [0.29, 0.717) is 11.6 Å². The average molecular weight is 219 g/mol. The third-order valence-corrected chi connectivity index (χ3v) is 2.59. The summed E-state index contributed by atoms with van der Waals surface area (Å²) in [4.78, 5) is 3.97. The van der Waals surface area contributed by atoms with Crippen LogP contribution < -0.4 is 5.32 Å². The molecule has 1 atom stereocenters. The number of nitrogens with zero attached hydrogens (tertiary/aromatic N) is 2. The maximum absolute atomic E-state index is 8.86. The van der Waals surface area contributed by atoms with Gasteiger partial charge in [-0.1, -0.05) is 13.3 Å². The Morgan fingerprint density at radius 2 is 2.38 bits per heavy atom. The SMILES string of the molecule is CCC(CCO)CNc1ccc(C#N)nc1. The van der Waals surface area contributed by atoms with Gasteiger partial charge in [0, 0.05) is 13.2 Å². The zero-order valence-corrected chi connectivity index (χ0v) is 9.48. The summed E-state index contributed by atoms with van der Waals surface area (Å²) in [6.07, 6.45) is 3.51. The molecule has 4 nitrogen and oxygen atoms in total. The third-order valence-electron chi connectivity index (χ3n) is 2.59. The van der Waals surface area contributed by atoms with Crippen molar-refractivity contribution in [2.24, 2.45) is 5.92 Å². The second-order valence-corrected chi connectivity index (χ2v) is 3.71. The first-order chi connectivity index (χ1) is 7.80. The predicted octanol–water partition coefficient (Wildman–Crippen LogP) is 1.77. The first-order valence-electron chi connectivity index (χ1n) is 5.51. The van der Waals surface area contributed by atoms with Gasteiger partial charge in [0.05, 0.1) is 11.9 Å². The fourth-order valence-corrected chi connectivity index (χ4v) is 1.46. The van der Waals surface area contributed by atoms with Crippen LogP contribution in [0.5, 0.6) is 0 Å². The summed E-state index contributed by atoms with van der Waals surface area (Å²) in [5.41, 5.74) is 1.34. The molecular formula is C12H17N3O. The first kappa shape index (κ1) is 12.5. The summed E-state index contributed by atoms with van der Waals surface area (Å²) >= 11 is 0. The number of aromatic nitrogens is 1. The molecule has 0 radical (unpaired) electrons. The molecule has 0 amide bonds. The number of anilines is 1. The van der Waals surface area contributed by atoms with E-state index in [2.05, 4.69) is 17.2 Å². The molecule has 0 aromatic carbocycles. The smallest absolute Gasteiger partial charge is 0.140 e. The number of nitrogens with one attached hydrogen (secondary N) is 1. The van der Waals surface area contributed by atoms with E-state index in [9.17, 15) is 0 Å². The molecule has 16 heavy (non-hydrogen) atoms. The fraction of sp³-hybridized carbons (Fsp3) is 0.500. The summed E-state index contributed by atoms with van der Waals surface area (Å²) in [5, 5.41) is 20.7. The van der Waals surface area contributed by atoms with Crippen LogP contribution in [0.15, 0.2) is 18.3 Å². The normalized spacial score (nSPS) is 11.8. The lowest BCUT2D eigenvalue weighted by atomic mass is 10.0. The molecule has 0 aliphatic carbocycles. The molecule has 0 bridgehead atoms. The van der Waals surface area contributed by atoms with E-state index in [1.54, 1.807) is 12.3 Å². The van der Waals surface area contributed by atoms with Crippen LogP contribution in [0.2, 0.25) is 0 Å². The highest BCUT2D eigenvalue weighted by molar-refractivity contribution is 5.42. The van der Waals surface area contributed by atoms with E-state index >= 15 is 0 Å². The summed E-state index contributed by atoms with van der Waals surface area (Å²) in [6.45, 7) is 3.16. The van der Waals surface area contributed by atoms with E-state index in [1.807, 2.05) is 12.1 Å². The highest BCUT2D eigenvalue weighted by Gasteiger charge is 2.05. The van der Waals surface area contributed by atoms with Crippen LogP contribution in [0, 0.1) is 17.2 Å². The molecule has 0 spiro atoms. The molecule has 1 heterocycles. The van der Waals surface area contributed by atoms with Gasteiger partial charge in [-0.05, 0) is 24.5 Å². The van der Waals surface area contributed by atoms with E-state index in [0.717, 1.165) is 25.1 Å². The van der Waals surface area contributed by atoms with Crippen molar-refractivity contribution in [3.63, 3.8) is 0 Å². The molecule has 4 heteroatoms. The Hall–Kier alpha value is -1.60. The van der Waals surface area contributed by atoms with Gasteiger partial charge in [-0.3, -0.25) is 0 Å². The van der Waals surface area contributed by atoms with Crippen LogP contribution in [-0.4, -0.2) is 23.2 Å². The fourth-order valence-electron chi connectivity index (χ4n) is 1.46. The van der Waals surface area contributed by atoms with Gasteiger partial charge in [-0.2, -0.15) is 5.26 Å². The van der Waals surface area contributed by atoms with Crippen LogP contribution in [-0.2, 0) is 0 Å². The van der Waals surface area contributed by atoms with Crippen molar-refractivity contribution < 1.29 is 5.11 Å². The van der Waals surface area contributed by atoms with E-state index < -0.39 is 0 Å². The molecular weight excluding hydrogens is 202 g/mol. The Labute approximate surface area is 95.9 Å². The molecule has 1 aromatic heterocycles. The zero-order chi connectivity index (χ0) is 11.8. The minimum Gasteiger partial charge on any atom is -0.396 e. The lowest BCUT2D eigenvalue weighted by Crippen LogP contribution is -2.15. The molecule has 0 aliphatic heterocycles. The Bertz CT molecular complexity index is 342. The van der Waals surface area contributed by atoms with Crippen LogP contribution in [0.25, 0.3) is 0 Å². The van der Waals surface area contributed by atoms with Gasteiger partial charge in [0.2, 0.25) is 0 Å². The molecule has 1 aromatic rings. The zero-order valence-electron chi connectivity index (χ0n) is 9.48. The van der Waals surface area contributed by atoms with Crippen molar-refractivity contribution in [3.8, 4) is 6.07 Å². The Kier molecular flexibility index (Phi) is 5.30. The summed E-state index contributed by atoms with van der Waals surface area (Å²) in [5.74, 6) is 0.473. The lowest BCUT2D eigenvalue weighted by Gasteiger charge is -2.14. The molecule has 0 saturated heterocycles. The highest BCUT2D eigenvalue weighted by atomic mass is 16.3. The average Bonchev–Trinajstić information content (AvgIpc) is 2.35. The van der Waals surface area contributed by atoms with Crippen LogP contribution in [0.1, 0.15) is 25.5 Å². The van der Waals surface area contributed by atoms with Crippen LogP contribution in [0.3, 0.4) is 0 Å². The second-order valence-electron chi connectivity index (χ2n) is 3.71. The number of hydrogen-bond acceptors (Lipinski definition) is 4. The number of nitriles is 1. The molecule has 0 aliphatic rings. The predicted molar refractivity (Wildman–Crippen MR) is 62.9 cm³/mol. The van der Waals surface area contributed by atoms with Gasteiger partial charge in [-0.25, -0.2) is 4.98 Å². The Morgan fingerprint density at radius 1 is 1.56 bits per heavy atom. The Balaban J connectivity index is 2.44. The maximum Gasteiger partial charge on any atom is 0.140 e. The largest absolute Gasteiger partial charge is 0.396 e. The molecule has 1 unspecified atom stereocenters. The van der Waals surface area contributed by atoms with Gasteiger partial charge < -0.3 is 10.4 Å². The van der Waals surface area contributed by atoms with Crippen molar-refractivity contribution in [1.82, 2.24) is 4.98 Å². The lowest BCUT2D eigenvalue weighted by molar-refractivity contribution is 0.258. The number of rotatable bonds is 6. The van der Waals surface area contributed by atoms with E-state index in [4.69, 9.17) is 10.4 Å². The van der Waals surface area contributed by atoms with E-state index in [1.165, 1.54) is 0 Å². The van der Waals surface area contributed by atoms with Gasteiger partial charge in [0.1, 0.15) is 11.8 Å². The summed E-state index contributed by atoms with van der Waals surface area (Å²) in [7, 11) is 0. The molecule has 0 fully saturated rings. The van der Waals surface area contributed by atoms with Crippen LogP contribution in [0.4, 0.5) is 5.69 Å². The molecule has 0 saturated carbocycles. The summed E-state index contributed by atoms with van der Waals surface area (Å²) in [6, 6.07) is 5.51. The van der Waals surface area contributed by atoms with Gasteiger partial charge in [0.25, 0.3) is 0 Å². The number of aliphatic hydroxyl groups excluding tert-OH is 1. The molecule has 1 rings (SSSR count). The van der Waals surface area contributed by atoms with Gasteiger partial charge in [-0.15, -0.1) is 0 Å². The highest BCUT2D eigenvalue weighted by Crippen LogP contribution is 2.11. The minimum atomic E-state index is 0.228. The van der Waals surface area contributed by atoms with Crippen molar-refractivity contribution >= 4 is 5.69 Å². The van der Waals surface area contributed by atoms with Crippen molar-refractivity contribution in [1.29, 1.82) is 5.26 Å². The topological polar surface area (TPSA) is 68.9 Å². The third kappa shape index (κ3) is 3.87. The number of aliphatic hydroxyl groups is 1. The molecule has 2 N–H and O–H groups in total. The number of pyridine rings is 1. The quantitative estimate of drug-likeness (QED) is 0.765. The Morgan fingerprint density at radius 3 is 2.88 bits per heavy atom. The number of hydrogen-bond donors (Lipinski definition) is 2. The van der Waals surface area contributed by atoms with Crippen molar-refractivity contribution in [2.75, 3.05) is 18.5 Å². The van der Waals surface area contributed by atoms with Crippen molar-refractivity contribution in [2.45, 2.75) is 19.8 Å². The second kappa shape index (κ2) is 6.81. The standard InChI is InChI=1S/C12H17N3O/c1-2-10(5-6-16)8-14-12-4-3-11(7-13)15-9-12/h3-4,9-10,14,16H,2,5-6,8H2,1H3. The van der Waals surface area contributed by atoms with Crippen molar-refractivity contribution in [3.05, 3.63) is 24.0 Å². The minimum absolute atomic E-state index is 0.228. The molecule has 86 valence electrons. The van der Waals surface area contributed by atoms with Gasteiger partial charge in [0.15, 0.2) is 0 Å². The summed E-state index contributed by atoms with van der Waals surface area (Å²) < 4.78 is 0. The first-order valence-corrected chi connectivity index (χ1v) is 5.51. The van der Waals surface area contributed by atoms with Crippen LogP contribution >= 0.6 is 0 Å². The van der Waals surface area contributed by atoms with Gasteiger partial charge >= 0.3 is 0 Å². The monoisotopic (exact) mass is 219 g/mol.